The highest BCUT2D eigenvalue weighted by molar-refractivity contribution is 6.01. The van der Waals surface area contributed by atoms with E-state index in [9.17, 15) is 14.4 Å². The monoisotopic (exact) mass is 399 g/mol. The first-order valence-corrected chi connectivity index (χ1v) is 9.73. The molecule has 2 N–H and O–H groups in total. The van der Waals surface area contributed by atoms with Gasteiger partial charge >= 0.3 is 0 Å². The van der Waals surface area contributed by atoms with Crippen LogP contribution in [0.1, 0.15) is 38.1 Å². The van der Waals surface area contributed by atoms with Crippen LogP contribution in [0.15, 0.2) is 18.2 Å². The van der Waals surface area contributed by atoms with Crippen molar-refractivity contribution < 1.29 is 19.1 Å². The molecule has 0 spiro atoms. The molecule has 0 aliphatic carbocycles. The summed E-state index contributed by atoms with van der Waals surface area (Å²) in [5, 5.41) is 13.4. The van der Waals surface area contributed by atoms with E-state index in [1.54, 1.807) is 23.1 Å². The Morgan fingerprint density at radius 1 is 1.28 bits per heavy atom. The predicted octanol–water partition coefficient (Wildman–Crippen LogP) is 0.917. The van der Waals surface area contributed by atoms with E-state index in [-0.39, 0.29) is 36.2 Å². The summed E-state index contributed by atoms with van der Waals surface area (Å²) in [5.41, 5.74) is 1.07. The van der Waals surface area contributed by atoms with Crippen LogP contribution in [-0.2, 0) is 14.3 Å². The molecule has 0 unspecified atom stereocenters. The van der Waals surface area contributed by atoms with Crippen molar-refractivity contribution in [1.82, 2.24) is 25.6 Å². The lowest BCUT2D eigenvalue weighted by molar-refractivity contribution is -0.140. The van der Waals surface area contributed by atoms with Crippen molar-refractivity contribution in [3.8, 4) is 0 Å². The van der Waals surface area contributed by atoms with Crippen molar-refractivity contribution >= 4 is 28.6 Å². The van der Waals surface area contributed by atoms with Crippen LogP contribution in [0.5, 0.6) is 0 Å². The summed E-state index contributed by atoms with van der Waals surface area (Å²) in [5.74, 6) is -0.642. The van der Waals surface area contributed by atoms with Gasteiger partial charge in [-0.05, 0) is 23.6 Å². The number of carbonyl (C=O) groups is 3. The fourth-order valence-corrected chi connectivity index (χ4v) is 4.13. The molecule has 9 nitrogen and oxygen atoms in total. The van der Waals surface area contributed by atoms with Crippen molar-refractivity contribution in [2.45, 2.75) is 45.9 Å². The average Bonchev–Trinajstić information content (AvgIpc) is 3.35. The summed E-state index contributed by atoms with van der Waals surface area (Å²) in [6.45, 7) is 8.12. The van der Waals surface area contributed by atoms with Crippen molar-refractivity contribution in [1.29, 1.82) is 0 Å². The molecule has 2 aliphatic rings. The molecule has 9 heteroatoms. The molecule has 4 rings (SSSR count). The summed E-state index contributed by atoms with van der Waals surface area (Å²) in [4.78, 5) is 40.2. The molecule has 4 atom stereocenters. The predicted molar refractivity (Wildman–Crippen MR) is 104 cm³/mol. The van der Waals surface area contributed by atoms with Crippen LogP contribution in [0.3, 0.4) is 0 Å². The molecule has 2 amide bonds. The Balaban J connectivity index is 1.58. The summed E-state index contributed by atoms with van der Waals surface area (Å²) in [7, 11) is 0. The average molecular weight is 399 g/mol. The van der Waals surface area contributed by atoms with E-state index in [2.05, 4.69) is 20.7 Å². The number of rotatable bonds is 3. The zero-order valence-electron chi connectivity index (χ0n) is 16.9. The molecule has 0 bridgehead atoms. The maximum atomic E-state index is 13.4. The third-order valence-electron chi connectivity index (χ3n) is 5.69. The van der Waals surface area contributed by atoms with Crippen LogP contribution in [0.2, 0.25) is 0 Å². The van der Waals surface area contributed by atoms with E-state index in [1.807, 2.05) is 27.7 Å². The van der Waals surface area contributed by atoms with Gasteiger partial charge in [0.15, 0.2) is 5.78 Å². The molecule has 2 saturated heterocycles. The Morgan fingerprint density at radius 2 is 2.00 bits per heavy atom. The number of ketones is 1. The molecule has 1 aromatic heterocycles. The fraction of sp³-hybridized carbons (Fsp3) is 0.550. The van der Waals surface area contributed by atoms with Gasteiger partial charge in [-0.3, -0.25) is 14.4 Å². The van der Waals surface area contributed by atoms with Crippen LogP contribution >= 0.6 is 0 Å². The summed E-state index contributed by atoms with van der Waals surface area (Å²) >= 11 is 0. The molecule has 154 valence electrons. The van der Waals surface area contributed by atoms with Crippen molar-refractivity contribution in [3.05, 3.63) is 23.8 Å². The second-order valence-corrected chi connectivity index (χ2v) is 8.95. The number of aromatic nitrogens is 3. The van der Waals surface area contributed by atoms with E-state index in [4.69, 9.17) is 4.74 Å². The number of hydrogen-bond acceptors (Lipinski definition) is 6. The van der Waals surface area contributed by atoms with Crippen molar-refractivity contribution in [3.63, 3.8) is 0 Å². The van der Waals surface area contributed by atoms with Gasteiger partial charge < -0.3 is 15.0 Å². The minimum Gasteiger partial charge on any atom is -0.367 e. The zero-order valence-corrected chi connectivity index (χ0v) is 16.9. The van der Waals surface area contributed by atoms with E-state index in [1.165, 1.54) is 0 Å². The summed E-state index contributed by atoms with van der Waals surface area (Å²) in [6.07, 6.45) is -0.266. The molecular weight excluding hydrogens is 374 g/mol. The summed E-state index contributed by atoms with van der Waals surface area (Å²) < 4.78 is 5.58. The van der Waals surface area contributed by atoms with Crippen LogP contribution in [0.25, 0.3) is 11.0 Å². The van der Waals surface area contributed by atoms with Crippen LogP contribution in [-0.4, -0.2) is 69.2 Å². The molecule has 0 radical (unpaired) electrons. The number of likely N-dealkylation sites (tertiary alicyclic amines) is 1. The second-order valence-electron chi connectivity index (χ2n) is 8.95. The highest BCUT2D eigenvalue weighted by atomic mass is 16.5. The summed E-state index contributed by atoms with van der Waals surface area (Å²) in [6, 6.07) is 3.61. The Labute approximate surface area is 168 Å². The van der Waals surface area contributed by atoms with Gasteiger partial charge in [0.2, 0.25) is 5.91 Å². The molecule has 2 fully saturated rings. The Bertz CT molecular complexity index is 979. The van der Waals surface area contributed by atoms with Crippen LogP contribution in [0.4, 0.5) is 0 Å². The maximum Gasteiger partial charge on any atom is 0.252 e. The third kappa shape index (κ3) is 3.39. The van der Waals surface area contributed by atoms with Gasteiger partial charge in [0.25, 0.3) is 5.91 Å². The largest absolute Gasteiger partial charge is 0.367 e. The Morgan fingerprint density at radius 3 is 2.72 bits per heavy atom. The quantitative estimate of drug-likeness (QED) is 0.793. The lowest BCUT2D eigenvalue weighted by Gasteiger charge is -2.35. The lowest BCUT2D eigenvalue weighted by Crippen LogP contribution is -2.57. The number of nitrogens with zero attached hydrogens (tertiary/aromatic N) is 3. The first-order valence-electron chi connectivity index (χ1n) is 9.73. The standard InChI is InChI=1S/C20H25N5O4/c1-10-8-25(15-14(26)9-29-16(10)15)19(28)17(20(2,3)4)21-18(27)11-5-6-12-13(7-11)23-24-22-12/h5-7,10,15-17H,8-9H2,1-4H3,(H,21,27)(H,22,23,24)/t10-,15+,16+,17+/m0/s1. The van der Waals surface area contributed by atoms with Crippen molar-refractivity contribution in [2.75, 3.05) is 13.2 Å². The molecule has 29 heavy (non-hydrogen) atoms. The van der Waals surface area contributed by atoms with Gasteiger partial charge in [-0.1, -0.05) is 27.7 Å². The number of nitrogens with one attached hydrogen (secondary N) is 2. The molecule has 1 aromatic carbocycles. The first kappa shape index (κ1) is 19.5. The van der Waals surface area contributed by atoms with Gasteiger partial charge in [0.05, 0.1) is 6.10 Å². The fourth-order valence-electron chi connectivity index (χ4n) is 4.13. The maximum absolute atomic E-state index is 13.4. The smallest absolute Gasteiger partial charge is 0.252 e. The van der Waals surface area contributed by atoms with E-state index >= 15 is 0 Å². The number of ether oxygens (including phenoxy) is 1. The molecule has 2 aromatic rings. The van der Waals surface area contributed by atoms with Gasteiger partial charge in [0, 0.05) is 18.0 Å². The number of hydrogen-bond donors (Lipinski definition) is 2. The number of aromatic amines is 1. The van der Waals surface area contributed by atoms with Gasteiger partial charge in [-0.2, -0.15) is 15.4 Å². The van der Waals surface area contributed by atoms with Gasteiger partial charge in [0.1, 0.15) is 29.7 Å². The number of Topliss-reactive ketones (excluding diaryl/α,β-unsaturated/α-hetero) is 1. The van der Waals surface area contributed by atoms with E-state index in [0.29, 0.717) is 23.1 Å². The Hall–Kier alpha value is -2.81. The topological polar surface area (TPSA) is 117 Å². The number of benzene rings is 1. The minimum atomic E-state index is -0.789. The normalized spacial score (nSPS) is 25.3. The first-order chi connectivity index (χ1) is 13.7. The highest BCUT2D eigenvalue weighted by Gasteiger charge is 2.52. The van der Waals surface area contributed by atoms with E-state index < -0.39 is 17.5 Å². The minimum absolute atomic E-state index is 0.0354. The van der Waals surface area contributed by atoms with Crippen LogP contribution in [0, 0.1) is 11.3 Å². The zero-order chi connectivity index (χ0) is 20.9. The Kier molecular flexibility index (Phi) is 4.65. The molecule has 2 aliphatic heterocycles. The molecule has 3 heterocycles. The van der Waals surface area contributed by atoms with E-state index in [0.717, 1.165) is 0 Å². The number of carbonyl (C=O) groups excluding carboxylic acids is 3. The highest BCUT2D eigenvalue weighted by Crippen LogP contribution is 2.33. The lowest BCUT2D eigenvalue weighted by atomic mass is 9.85. The van der Waals surface area contributed by atoms with Gasteiger partial charge in [-0.15, -0.1) is 0 Å². The number of fused-ring (bicyclic) bond motifs is 2. The SMILES string of the molecule is C[C@H]1CN(C(=O)[C@@H](NC(=O)c2ccc3n[nH]nc3c2)C(C)(C)C)[C@@H]2C(=O)CO[C@@H]21. The number of H-pyrrole nitrogens is 1. The molecule has 0 saturated carbocycles. The number of amides is 2. The van der Waals surface area contributed by atoms with Crippen LogP contribution < -0.4 is 5.32 Å². The van der Waals surface area contributed by atoms with Gasteiger partial charge in [-0.25, -0.2) is 0 Å². The third-order valence-corrected chi connectivity index (χ3v) is 5.69. The molecular formula is C20H25N5O4. The second kappa shape index (κ2) is 6.91. The van der Waals surface area contributed by atoms with Crippen molar-refractivity contribution in [2.24, 2.45) is 11.3 Å².